The molecule has 0 aromatic carbocycles. The molecule has 0 saturated heterocycles. The van der Waals surface area contributed by atoms with Crippen LogP contribution in [0.1, 0.15) is 39.5 Å². The van der Waals surface area contributed by atoms with Gasteiger partial charge < -0.3 is 20.2 Å². The second kappa shape index (κ2) is 9.09. The molecule has 0 aliphatic heterocycles. The summed E-state index contributed by atoms with van der Waals surface area (Å²) < 4.78 is 0. The lowest BCUT2D eigenvalue weighted by Crippen LogP contribution is -2.50. The van der Waals surface area contributed by atoms with Crippen molar-refractivity contribution in [3.63, 3.8) is 0 Å². The van der Waals surface area contributed by atoms with Crippen LogP contribution in [0.3, 0.4) is 0 Å². The molecule has 0 bridgehead atoms. The zero-order valence-electron chi connectivity index (χ0n) is 14.9. The molecule has 4 heteroatoms. The Bertz CT molecular complexity index is 277. The molecule has 1 saturated carbocycles. The number of hydrogen-bond acceptors (Lipinski definition) is 4. The van der Waals surface area contributed by atoms with E-state index in [-0.39, 0.29) is 12.1 Å². The van der Waals surface area contributed by atoms with Crippen molar-refractivity contribution in [2.45, 2.75) is 45.1 Å². The van der Waals surface area contributed by atoms with Crippen LogP contribution in [-0.4, -0.2) is 74.4 Å². The Morgan fingerprint density at radius 3 is 2.48 bits per heavy atom. The summed E-state index contributed by atoms with van der Waals surface area (Å²) in [6, 6.07) is 0. The molecule has 1 rings (SSSR count). The van der Waals surface area contributed by atoms with Crippen molar-refractivity contribution < 1.29 is 5.11 Å². The van der Waals surface area contributed by atoms with Crippen LogP contribution >= 0.6 is 0 Å². The third-order valence-electron chi connectivity index (χ3n) is 5.02. The van der Waals surface area contributed by atoms with Crippen molar-refractivity contribution >= 4 is 0 Å². The second-order valence-corrected chi connectivity index (χ2v) is 7.44. The van der Waals surface area contributed by atoms with Crippen LogP contribution in [0.5, 0.6) is 0 Å². The summed E-state index contributed by atoms with van der Waals surface area (Å²) in [5.74, 6) is 1.32. The van der Waals surface area contributed by atoms with Gasteiger partial charge in [0.2, 0.25) is 0 Å². The fourth-order valence-electron chi connectivity index (χ4n) is 3.67. The Labute approximate surface area is 131 Å². The van der Waals surface area contributed by atoms with Crippen LogP contribution in [0.4, 0.5) is 0 Å². The van der Waals surface area contributed by atoms with Crippen LogP contribution in [0.15, 0.2) is 0 Å². The van der Waals surface area contributed by atoms with E-state index >= 15 is 0 Å². The number of nitrogens with zero attached hydrogens (tertiary/aromatic N) is 2. The van der Waals surface area contributed by atoms with Gasteiger partial charge in [0.05, 0.1) is 6.61 Å². The molecule has 0 aromatic rings. The molecule has 1 fully saturated rings. The maximum atomic E-state index is 9.79. The van der Waals surface area contributed by atoms with E-state index in [1.165, 1.54) is 25.8 Å². The predicted molar refractivity (Wildman–Crippen MR) is 90.7 cm³/mol. The summed E-state index contributed by atoms with van der Waals surface area (Å²) in [5.41, 5.74) is -0.0228. The lowest BCUT2D eigenvalue weighted by atomic mass is 9.85. The van der Waals surface area contributed by atoms with Crippen LogP contribution in [0, 0.1) is 11.8 Å². The van der Waals surface area contributed by atoms with Crippen molar-refractivity contribution in [2.24, 2.45) is 11.8 Å². The molecule has 21 heavy (non-hydrogen) atoms. The number of hydrogen-bond donors (Lipinski definition) is 2. The van der Waals surface area contributed by atoms with E-state index in [1.54, 1.807) is 0 Å². The zero-order valence-corrected chi connectivity index (χ0v) is 14.9. The molecule has 2 atom stereocenters. The van der Waals surface area contributed by atoms with E-state index < -0.39 is 0 Å². The Kier molecular flexibility index (Phi) is 8.17. The van der Waals surface area contributed by atoms with Gasteiger partial charge in [-0.25, -0.2) is 0 Å². The number of aliphatic hydroxyl groups is 1. The molecule has 2 N–H and O–H groups in total. The summed E-state index contributed by atoms with van der Waals surface area (Å²) in [4.78, 5) is 4.86. The normalized spacial score (nSPS) is 26.4. The zero-order chi connectivity index (χ0) is 15.9. The summed E-state index contributed by atoms with van der Waals surface area (Å²) in [6.07, 6.45) is 4.81. The van der Waals surface area contributed by atoms with Gasteiger partial charge in [0.1, 0.15) is 0 Å². The summed E-state index contributed by atoms with van der Waals surface area (Å²) in [6.45, 7) is 9.45. The first-order valence-corrected chi connectivity index (χ1v) is 8.60. The Morgan fingerprint density at radius 2 is 1.95 bits per heavy atom. The van der Waals surface area contributed by atoms with Crippen LogP contribution in [0.2, 0.25) is 0 Å². The lowest BCUT2D eigenvalue weighted by molar-refractivity contribution is 0.115. The molecule has 2 unspecified atom stereocenters. The number of rotatable bonds is 10. The maximum Gasteiger partial charge on any atom is 0.0615 e. The van der Waals surface area contributed by atoms with Gasteiger partial charge in [0, 0.05) is 25.2 Å². The van der Waals surface area contributed by atoms with Gasteiger partial charge in [-0.3, -0.25) is 0 Å². The molecular weight excluding hydrogens is 262 g/mol. The molecule has 0 radical (unpaired) electrons. The van der Waals surface area contributed by atoms with Crippen molar-refractivity contribution in [2.75, 3.05) is 53.9 Å². The Balaban J connectivity index is 2.50. The minimum atomic E-state index is -0.0228. The summed E-state index contributed by atoms with van der Waals surface area (Å²) >= 11 is 0. The highest BCUT2D eigenvalue weighted by Crippen LogP contribution is 2.37. The standard InChI is InChI=1S/C17H37N3O/c1-15(2)13-20(12-11-19(4)5)10-8-16-7-6-9-17(16,14-21)18-3/h15-16,18,21H,6-14H2,1-5H3. The van der Waals surface area contributed by atoms with Crippen molar-refractivity contribution in [3.05, 3.63) is 0 Å². The first-order chi connectivity index (χ1) is 9.93. The van der Waals surface area contributed by atoms with Crippen molar-refractivity contribution in [3.8, 4) is 0 Å². The third kappa shape index (κ3) is 5.85. The highest BCUT2D eigenvalue weighted by atomic mass is 16.3. The molecule has 126 valence electrons. The average Bonchev–Trinajstić information content (AvgIpc) is 2.84. The van der Waals surface area contributed by atoms with Gasteiger partial charge in [-0.1, -0.05) is 20.3 Å². The van der Waals surface area contributed by atoms with Crippen LogP contribution in [0.25, 0.3) is 0 Å². The minimum Gasteiger partial charge on any atom is -0.394 e. The van der Waals surface area contributed by atoms with E-state index in [9.17, 15) is 5.11 Å². The highest BCUT2D eigenvalue weighted by Gasteiger charge is 2.40. The molecule has 0 heterocycles. The number of nitrogens with one attached hydrogen (secondary N) is 1. The molecule has 1 aliphatic carbocycles. The largest absolute Gasteiger partial charge is 0.394 e. The fraction of sp³-hybridized carbons (Fsp3) is 1.00. The van der Waals surface area contributed by atoms with Gasteiger partial charge in [-0.2, -0.15) is 0 Å². The third-order valence-corrected chi connectivity index (χ3v) is 5.02. The average molecular weight is 300 g/mol. The molecule has 4 nitrogen and oxygen atoms in total. The maximum absolute atomic E-state index is 9.79. The SMILES string of the molecule is CNC1(CO)CCCC1CCN(CCN(C)C)CC(C)C. The van der Waals surface area contributed by atoms with E-state index in [4.69, 9.17) is 0 Å². The Hall–Kier alpha value is -0.160. The first kappa shape index (κ1) is 18.9. The van der Waals surface area contributed by atoms with Gasteiger partial charge in [-0.05, 0) is 58.8 Å². The molecule has 0 aromatic heterocycles. The monoisotopic (exact) mass is 299 g/mol. The number of aliphatic hydroxyl groups excluding tert-OH is 1. The summed E-state index contributed by atoms with van der Waals surface area (Å²) in [5, 5.41) is 13.2. The van der Waals surface area contributed by atoms with Gasteiger partial charge >= 0.3 is 0 Å². The van der Waals surface area contributed by atoms with E-state index in [2.05, 4.69) is 43.1 Å². The lowest BCUT2D eigenvalue weighted by Gasteiger charge is -2.35. The Morgan fingerprint density at radius 1 is 1.24 bits per heavy atom. The van der Waals surface area contributed by atoms with Gasteiger partial charge in [0.15, 0.2) is 0 Å². The highest BCUT2D eigenvalue weighted by molar-refractivity contribution is 4.98. The second-order valence-electron chi connectivity index (χ2n) is 7.44. The number of likely N-dealkylation sites (N-methyl/N-ethyl adjacent to an activating group) is 2. The van der Waals surface area contributed by atoms with Crippen molar-refractivity contribution in [1.29, 1.82) is 0 Å². The van der Waals surface area contributed by atoms with Gasteiger partial charge in [-0.15, -0.1) is 0 Å². The molecule has 0 spiro atoms. The van der Waals surface area contributed by atoms with E-state index in [1.807, 2.05) is 7.05 Å². The fourth-order valence-corrected chi connectivity index (χ4v) is 3.67. The molecular formula is C17H37N3O. The molecule has 1 aliphatic rings. The van der Waals surface area contributed by atoms with E-state index in [0.29, 0.717) is 11.8 Å². The van der Waals surface area contributed by atoms with Crippen LogP contribution in [-0.2, 0) is 0 Å². The molecule has 0 amide bonds. The topological polar surface area (TPSA) is 38.7 Å². The minimum absolute atomic E-state index is 0.0228. The van der Waals surface area contributed by atoms with E-state index in [0.717, 1.165) is 26.1 Å². The predicted octanol–water partition coefficient (Wildman–Crippen LogP) is 1.65. The summed E-state index contributed by atoms with van der Waals surface area (Å²) in [7, 11) is 6.29. The smallest absolute Gasteiger partial charge is 0.0615 e. The van der Waals surface area contributed by atoms with Crippen molar-refractivity contribution in [1.82, 2.24) is 15.1 Å². The quantitative estimate of drug-likeness (QED) is 0.643. The van der Waals surface area contributed by atoms with Crippen LogP contribution < -0.4 is 5.32 Å². The first-order valence-electron chi connectivity index (χ1n) is 8.60. The van der Waals surface area contributed by atoms with Gasteiger partial charge in [0.25, 0.3) is 0 Å².